The number of anilines is 1. The molecule has 0 aliphatic heterocycles. The van der Waals surface area contributed by atoms with Crippen LogP contribution in [0, 0.1) is 0 Å². The van der Waals surface area contributed by atoms with Crippen molar-refractivity contribution >= 4 is 16.7 Å². The number of nitrogens with two attached hydrogens (primary N) is 1. The van der Waals surface area contributed by atoms with Crippen LogP contribution in [0.3, 0.4) is 0 Å². The summed E-state index contributed by atoms with van der Waals surface area (Å²) in [5, 5.41) is 8.93. The highest BCUT2D eigenvalue weighted by atomic mass is 15.5. The Kier molecular flexibility index (Phi) is 2.48. The van der Waals surface area contributed by atoms with Crippen molar-refractivity contribution in [2.24, 2.45) is 0 Å². The van der Waals surface area contributed by atoms with Crippen LogP contribution >= 0.6 is 0 Å². The van der Waals surface area contributed by atoms with Gasteiger partial charge in [0.1, 0.15) is 11.0 Å². The van der Waals surface area contributed by atoms with Gasteiger partial charge >= 0.3 is 0 Å². The highest BCUT2D eigenvalue weighted by Gasteiger charge is 2.07. The van der Waals surface area contributed by atoms with Crippen molar-refractivity contribution < 1.29 is 0 Å². The maximum atomic E-state index is 5.97. The van der Waals surface area contributed by atoms with E-state index in [2.05, 4.69) is 17.1 Å². The fraction of sp³-hybridized carbons (Fsp3) is 0.143. The minimum Gasteiger partial charge on any atom is -0.398 e. The minimum absolute atomic E-state index is 0.783. The van der Waals surface area contributed by atoms with Crippen LogP contribution < -0.4 is 5.73 Å². The number of aryl methyl sites for hydroxylation is 1. The first-order valence-electron chi connectivity index (χ1n) is 5.99. The Morgan fingerprint density at radius 1 is 1.06 bits per heavy atom. The van der Waals surface area contributed by atoms with Gasteiger partial charge < -0.3 is 5.73 Å². The van der Waals surface area contributed by atoms with Gasteiger partial charge in [0.05, 0.1) is 5.69 Å². The summed E-state index contributed by atoms with van der Waals surface area (Å²) >= 11 is 0. The number of para-hydroxylation sites is 1. The number of rotatable bonds is 2. The predicted molar refractivity (Wildman–Crippen MR) is 72.7 cm³/mol. The van der Waals surface area contributed by atoms with Gasteiger partial charge in [0, 0.05) is 5.69 Å². The number of aromatic nitrogens is 3. The van der Waals surface area contributed by atoms with E-state index >= 15 is 0 Å². The summed E-state index contributed by atoms with van der Waals surface area (Å²) in [6.07, 6.45) is 0.903. The summed E-state index contributed by atoms with van der Waals surface area (Å²) in [4.78, 5) is 1.64. The van der Waals surface area contributed by atoms with Gasteiger partial charge in [0.15, 0.2) is 0 Å². The summed E-state index contributed by atoms with van der Waals surface area (Å²) in [6.45, 7) is 2.08. The zero-order valence-corrected chi connectivity index (χ0v) is 10.2. The molecule has 0 amide bonds. The third kappa shape index (κ3) is 1.72. The van der Waals surface area contributed by atoms with Gasteiger partial charge in [-0.25, -0.2) is 0 Å². The molecule has 0 unspecified atom stereocenters. The summed E-state index contributed by atoms with van der Waals surface area (Å²) in [7, 11) is 0. The van der Waals surface area contributed by atoms with Gasteiger partial charge in [-0.3, -0.25) is 0 Å². The normalized spacial score (nSPS) is 10.9. The van der Waals surface area contributed by atoms with E-state index in [1.165, 1.54) is 0 Å². The van der Waals surface area contributed by atoms with Gasteiger partial charge in [-0.1, -0.05) is 25.1 Å². The molecule has 2 N–H and O–H groups in total. The fourth-order valence-corrected chi connectivity index (χ4v) is 2.01. The maximum Gasteiger partial charge on any atom is 0.115 e. The molecule has 0 bridgehead atoms. The molecule has 0 fully saturated rings. The van der Waals surface area contributed by atoms with E-state index in [1.54, 1.807) is 4.80 Å². The second-order valence-electron chi connectivity index (χ2n) is 4.22. The third-order valence-electron chi connectivity index (χ3n) is 3.01. The molecular formula is C14H14N4. The average Bonchev–Trinajstić information content (AvgIpc) is 2.81. The SMILES string of the molecule is CCc1cc2nn(-c3ccccc3)nc2cc1N. The fourth-order valence-electron chi connectivity index (χ4n) is 2.01. The Morgan fingerprint density at radius 2 is 1.72 bits per heavy atom. The van der Waals surface area contributed by atoms with E-state index in [9.17, 15) is 0 Å². The molecule has 0 atom stereocenters. The number of fused-ring (bicyclic) bond motifs is 1. The first-order valence-corrected chi connectivity index (χ1v) is 5.99. The quantitative estimate of drug-likeness (QED) is 0.698. The lowest BCUT2D eigenvalue weighted by molar-refractivity contribution is 0.765. The van der Waals surface area contributed by atoms with Crippen molar-refractivity contribution in [1.29, 1.82) is 0 Å². The first kappa shape index (κ1) is 10.8. The Balaban J connectivity index is 2.17. The summed E-state index contributed by atoms with van der Waals surface area (Å²) in [6, 6.07) is 13.8. The second kappa shape index (κ2) is 4.14. The zero-order valence-electron chi connectivity index (χ0n) is 10.2. The van der Waals surface area contributed by atoms with Crippen LogP contribution in [0.2, 0.25) is 0 Å². The van der Waals surface area contributed by atoms with Crippen molar-refractivity contribution in [1.82, 2.24) is 15.0 Å². The lowest BCUT2D eigenvalue weighted by Gasteiger charge is -2.00. The molecule has 4 heteroatoms. The van der Waals surface area contributed by atoms with Crippen molar-refractivity contribution in [2.75, 3.05) is 5.73 Å². The van der Waals surface area contributed by atoms with E-state index in [4.69, 9.17) is 5.73 Å². The van der Waals surface area contributed by atoms with Gasteiger partial charge in [0.25, 0.3) is 0 Å². The molecule has 3 aromatic rings. The van der Waals surface area contributed by atoms with Gasteiger partial charge in [-0.2, -0.15) is 4.80 Å². The molecule has 0 spiro atoms. The first-order chi connectivity index (χ1) is 8.78. The van der Waals surface area contributed by atoms with Crippen LogP contribution in [-0.2, 0) is 6.42 Å². The van der Waals surface area contributed by atoms with Crippen molar-refractivity contribution in [3.05, 3.63) is 48.0 Å². The van der Waals surface area contributed by atoms with Crippen LogP contribution in [0.5, 0.6) is 0 Å². The largest absolute Gasteiger partial charge is 0.398 e. The van der Waals surface area contributed by atoms with E-state index in [1.807, 2.05) is 42.5 Å². The summed E-state index contributed by atoms with van der Waals surface area (Å²) in [5.41, 5.74) is 10.5. The van der Waals surface area contributed by atoms with Crippen LogP contribution in [0.1, 0.15) is 12.5 Å². The number of nitrogens with zero attached hydrogens (tertiary/aromatic N) is 3. The van der Waals surface area contributed by atoms with Crippen molar-refractivity contribution in [3.8, 4) is 5.69 Å². The predicted octanol–water partition coefficient (Wildman–Crippen LogP) is 2.57. The minimum atomic E-state index is 0.783. The molecule has 2 aromatic carbocycles. The topological polar surface area (TPSA) is 56.7 Å². The molecule has 4 nitrogen and oxygen atoms in total. The highest BCUT2D eigenvalue weighted by Crippen LogP contribution is 2.20. The number of benzene rings is 2. The summed E-state index contributed by atoms with van der Waals surface area (Å²) < 4.78 is 0. The van der Waals surface area contributed by atoms with Crippen LogP contribution in [0.25, 0.3) is 16.7 Å². The van der Waals surface area contributed by atoms with Crippen molar-refractivity contribution in [3.63, 3.8) is 0 Å². The number of nitrogen functional groups attached to an aromatic ring is 1. The molecular weight excluding hydrogens is 224 g/mol. The Bertz CT molecular complexity index is 686. The van der Waals surface area contributed by atoms with Crippen LogP contribution in [0.4, 0.5) is 5.69 Å². The molecule has 3 rings (SSSR count). The van der Waals surface area contributed by atoms with E-state index in [0.717, 1.165) is 34.4 Å². The monoisotopic (exact) mass is 238 g/mol. The van der Waals surface area contributed by atoms with Crippen LogP contribution in [-0.4, -0.2) is 15.0 Å². The third-order valence-corrected chi connectivity index (χ3v) is 3.01. The van der Waals surface area contributed by atoms with Crippen molar-refractivity contribution in [2.45, 2.75) is 13.3 Å². The average molecular weight is 238 g/mol. The molecule has 0 aliphatic rings. The maximum absolute atomic E-state index is 5.97. The Hall–Kier alpha value is -2.36. The van der Waals surface area contributed by atoms with Crippen LogP contribution in [0.15, 0.2) is 42.5 Å². The zero-order chi connectivity index (χ0) is 12.5. The lowest BCUT2D eigenvalue weighted by atomic mass is 10.1. The molecule has 0 saturated carbocycles. The molecule has 18 heavy (non-hydrogen) atoms. The molecule has 0 aliphatic carbocycles. The Morgan fingerprint density at radius 3 is 2.39 bits per heavy atom. The molecule has 0 saturated heterocycles. The van der Waals surface area contributed by atoms with E-state index in [-0.39, 0.29) is 0 Å². The van der Waals surface area contributed by atoms with E-state index in [0.29, 0.717) is 0 Å². The summed E-state index contributed by atoms with van der Waals surface area (Å²) in [5.74, 6) is 0. The van der Waals surface area contributed by atoms with Gasteiger partial charge in [0.2, 0.25) is 0 Å². The number of hydrogen-bond acceptors (Lipinski definition) is 3. The standard InChI is InChI=1S/C14H14N4/c1-2-10-8-13-14(9-12(10)15)17-18(16-13)11-6-4-3-5-7-11/h3-9H,2,15H2,1H3. The lowest BCUT2D eigenvalue weighted by Crippen LogP contribution is -1.97. The smallest absolute Gasteiger partial charge is 0.115 e. The highest BCUT2D eigenvalue weighted by molar-refractivity contribution is 5.79. The van der Waals surface area contributed by atoms with Gasteiger partial charge in [-0.05, 0) is 36.2 Å². The van der Waals surface area contributed by atoms with Gasteiger partial charge in [-0.15, -0.1) is 10.2 Å². The molecule has 90 valence electrons. The van der Waals surface area contributed by atoms with E-state index < -0.39 is 0 Å². The molecule has 0 radical (unpaired) electrons. The number of hydrogen-bond donors (Lipinski definition) is 1. The second-order valence-corrected chi connectivity index (χ2v) is 4.22. The molecule has 1 heterocycles. The Labute approximate surface area is 105 Å². The molecule has 1 aromatic heterocycles.